The number of rotatable bonds is 6. The van der Waals surface area contributed by atoms with Crippen LogP contribution in [0.5, 0.6) is 5.75 Å². The molecule has 0 aliphatic rings. The Labute approximate surface area is 110 Å². The van der Waals surface area contributed by atoms with E-state index in [2.05, 4.69) is 6.07 Å². The number of benzene rings is 1. The number of nitrogens with zero attached hydrogens (tertiary/aromatic N) is 1. The van der Waals surface area contributed by atoms with Crippen LogP contribution in [-0.2, 0) is 11.3 Å². The van der Waals surface area contributed by atoms with Crippen molar-refractivity contribution < 1.29 is 9.47 Å². The van der Waals surface area contributed by atoms with Crippen molar-refractivity contribution >= 4 is 11.3 Å². The fraction of sp³-hybridized carbons (Fsp3) is 0.214. The molecule has 0 saturated carbocycles. The SMILES string of the molecule is N#Cc1ccccc1OCCOCc1cccs1. The molecular weight excluding hydrogens is 246 g/mol. The second kappa shape index (κ2) is 6.80. The minimum atomic E-state index is 0.448. The average Bonchev–Trinajstić information content (AvgIpc) is 2.92. The second-order valence-electron chi connectivity index (χ2n) is 3.59. The van der Waals surface area contributed by atoms with Crippen molar-refractivity contribution in [1.82, 2.24) is 0 Å². The van der Waals surface area contributed by atoms with Gasteiger partial charge in [0, 0.05) is 4.88 Å². The van der Waals surface area contributed by atoms with Gasteiger partial charge in [0.25, 0.3) is 0 Å². The summed E-state index contributed by atoms with van der Waals surface area (Å²) in [4.78, 5) is 1.20. The smallest absolute Gasteiger partial charge is 0.137 e. The molecule has 0 saturated heterocycles. The Hall–Kier alpha value is -1.83. The van der Waals surface area contributed by atoms with Gasteiger partial charge in [-0.2, -0.15) is 5.26 Å². The van der Waals surface area contributed by atoms with Gasteiger partial charge in [-0.25, -0.2) is 0 Å². The summed E-state index contributed by atoms with van der Waals surface area (Å²) >= 11 is 1.67. The molecule has 2 aromatic rings. The third-order valence-electron chi connectivity index (χ3n) is 2.32. The topological polar surface area (TPSA) is 42.2 Å². The summed E-state index contributed by atoms with van der Waals surface area (Å²) < 4.78 is 11.0. The summed E-state index contributed by atoms with van der Waals surface area (Å²) in [5.74, 6) is 0.611. The van der Waals surface area contributed by atoms with E-state index < -0.39 is 0 Å². The van der Waals surface area contributed by atoms with Crippen LogP contribution in [0, 0.1) is 11.3 Å². The van der Waals surface area contributed by atoms with Crippen molar-refractivity contribution in [3.05, 3.63) is 52.2 Å². The van der Waals surface area contributed by atoms with Crippen molar-refractivity contribution in [1.29, 1.82) is 5.26 Å². The van der Waals surface area contributed by atoms with E-state index in [1.54, 1.807) is 23.5 Å². The summed E-state index contributed by atoms with van der Waals surface area (Å²) in [5.41, 5.74) is 0.552. The number of ether oxygens (including phenoxy) is 2. The Kier molecular flexibility index (Phi) is 4.77. The lowest BCUT2D eigenvalue weighted by Crippen LogP contribution is -2.07. The van der Waals surface area contributed by atoms with E-state index >= 15 is 0 Å². The Morgan fingerprint density at radius 3 is 2.78 bits per heavy atom. The van der Waals surface area contributed by atoms with Crippen LogP contribution < -0.4 is 4.74 Å². The first-order valence-electron chi connectivity index (χ1n) is 5.62. The quantitative estimate of drug-likeness (QED) is 0.748. The van der Waals surface area contributed by atoms with Gasteiger partial charge < -0.3 is 9.47 Å². The Balaban J connectivity index is 1.71. The molecule has 1 aromatic heterocycles. The number of hydrogen-bond acceptors (Lipinski definition) is 4. The van der Waals surface area contributed by atoms with E-state index in [4.69, 9.17) is 14.7 Å². The highest BCUT2D eigenvalue weighted by atomic mass is 32.1. The summed E-state index contributed by atoms with van der Waals surface area (Å²) in [6.07, 6.45) is 0. The van der Waals surface area contributed by atoms with Gasteiger partial charge in [-0.15, -0.1) is 11.3 Å². The molecule has 3 nitrogen and oxygen atoms in total. The van der Waals surface area contributed by atoms with Gasteiger partial charge in [0.1, 0.15) is 18.4 Å². The van der Waals surface area contributed by atoms with Crippen molar-refractivity contribution in [2.45, 2.75) is 6.61 Å². The van der Waals surface area contributed by atoms with Crippen LogP contribution >= 0.6 is 11.3 Å². The highest BCUT2D eigenvalue weighted by Crippen LogP contribution is 2.16. The van der Waals surface area contributed by atoms with E-state index in [1.165, 1.54) is 4.88 Å². The molecule has 0 fully saturated rings. The highest BCUT2D eigenvalue weighted by Gasteiger charge is 2.01. The third kappa shape index (κ3) is 3.59. The minimum Gasteiger partial charge on any atom is -0.490 e. The van der Waals surface area contributed by atoms with Gasteiger partial charge in [0.15, 0.2) is 0 Å². The zero-order chi connectivity index (χ0) is 12.6. The number of nitriles is 1. The lowest BCUT2D eigenvalue weighted by Gasteiger charge is -2.07. The van der Waals surface area contributed by atoms with Gasteiger partial charge in [0.2, 0.25) is 0 Å². The maximum absolute atomic E-state index is 8.89. The van der Waals surface area contributed by atoms with Gasteiger partial charge in [-0.3, -0.25) is 0 Å². The van der Waals surface area contributed by atoms with E-state index in [0.29, 0.717) is 31.1 Å². The van der Waals surface area contributed by atoms with Crippen LogP contribution in [0.25, 0.3) is 0 Å². The molecule has 0 N–H and O–H groups in total. The summed E-state index contributed by atoms with van der Waals surface area (Å²) in [5, 5.41) is 10.9. The van der Waals surface area contributed by atoms with Crippen LogP contribution in [0.15, 0.2) is 41.8 Å². The van der Waals surface area contributed by atoms with Crippen molar-refractivity contribution in [3.8, 4) is 11.8 Å². The van der Waals surface area contributed by atoms with Crippen LogP contribution in [0.4, 0.5) is 0 Å². The highest BCUT2D eigenvalue weighted by molar-refractivity contribution is 7.09. The zero-order valence-electron chi connectivity index (χ0n) is 9.83. The molecule has 0 spiro atoms. The first kappa shape index (κ1) is 12.6. The van der Waals surface area contributed by atoms with Gasteiger partial charge in [0.05, 0.1) is 18.8 Å². The van der Waals surface area contributed by atoms with Gasteiger partial charge in [-0.05, 0) is 23.6 Å². The van der Waals surface area contributed by atoms with Crippen LogP contribution in [0.1, 0.15) is 10.4 Å². The predicted molar refractivity (Wildman–Crippen MR) is 70.6 cm³/mol. The van der Waals surface area contributed by atoms with Gasteiger partial charge >= 0.3 is 0 Å². The van der Waals surface area contributed by atoms with E-state index in [-0.39, 0.29) is 0 Å². The number of para-hydroxylation sites is 1. The number of thiophene rings is 1. The fourth-order valence-electron chi connectivity index (χ4n) is 1.46. The molecule has 1 heterocycles. The zero-order valence-corrected chi connectivity index (χ0v) is 10.7. The monoisotopic (exact) mass is 259 g/mol. The largest absolute Gasteiger partial charge is 0.490 e. The molecule has 0 unspecified atom stereocenters. The molecule has 2 rings (SSSR count). The van der Waals surface area contributed by atoms with Crippen LogP contribution in [0.2, 0.25) is 0 Å². The predicted octanol–water partition coefficient (Wildman–Crippen LogP) is 3.22. The molecule has 4 heteroatoms. The van der Waals surface area contributed by atoms with Crippen LogP contribution in [-0.4, -0.2) is 13.2 Å². The second-order valence-corrected chi connectivity index (χ2v) is 4.62. The Morgan fingerprint density at radius 2 is 2.00 bits per heavy atom. The van der Waals surface area contributed by atoms with E-state index in [0.717, 1.165) is 0 Å². The molecular formula is C14H13NO2S. The lowest BCUT2D eigenvalue weighted by molar-refractivity contribution is 0.0904. The standard InChI is InChI=1S/C14H13NO2S/c15-10-12-4-1-2-6-14(12)17-8-7-16-11-13-5-3-9-18-13/h1-6,9H,7-8,11H2. The molecule has 92 valence electrons. The molecule has 1 aromatic carbocycles. The van der Waals surface area contributed by atoms with Gasteiger partial charge in [-0.1, -0.05) is 18.2 Å². The normalized spacial score (nSPS) is 9.94. The molecule has 0 atom stereocenters. The first-order valence-corrected chi connectivity index (χ1v) is 6.50. The summed E-state index contributed by atoms with van der Waals surface area (Å²) in [6, 6.07) is 13.3. The Morgan fingerprint density at radius 1 is 1.11 bits per heavy atom. The van der Waals surface area contributed by atoms with Crippen LogP contribution in [0.3, 0.4) is 0 Å². The summed E-state index contributed by atoms with van der Waals surface area (Å²) in [6.45, 7) is 1.57. The average molecular weight is 259 g/mol. The molecule has 18 heavy (non-hydrogen) atoms. The molecule has 0 amide bonds. The number of hydrogen-bond donors (Lipinski definition) is 0. The van der Waals surface area contributed by atoms with E-state index in [1.807, 2.05) is 29.6 Å². The first-order chi connectivity index (χ1) is 8.90. The molecule has 0 aliphatic carbocycles. The molecule has 0 radical (unpaired) electrons. The summed E-state index contributed by atoms with van der Waals surface area (Å²) in [7, 11) is 0. The van der Waals surface area contributed by atoms with Crippen molar-refractivity contribution in [2.75, 3.05) is 13.2 Å². The fourth-order valence-corrected chi connectivity index (χ4v) is 2.10. The maximum Gasteiger partial charge on any atom is 0.137 e. The Bertz CT molecular complexity index is 517. The van der Waals surface area contributed by atoms with Crippen molar-refractivity contribution in [2.24, 2.45) is 0 Å². The maximum atomic E-state index is 8.89. The molecule has 0 aliphatic heterocycles. The lowest BCUT2D eigenvalue weighted by atomic mass is 10.2. The van der Waals surface area contributed by atoms with E-state index in [9.17, 15) is 0 Å². The third-order valence-corrected chi connectivity index (χ3v) is 3.17. The molecule has 0 bridgehead atoms. The van der Waals surface area contributed by atoms with Crippen molar-refractivity contribution in [3.63, 3.8) is 0 Å². The minimum absolute atomic E-state index is 0.448.